The normalized spacial score (nSPS) is 11.9. The third-order valence-electron chi connectivity index (χ3n) is 5.49. The minimum atomic E-state index is -0.0794. The number of benzene rings is 2. The maximum Gasteiger partial charge on any atom is 0.244 e. The summed E-state index contributed by atoms with van der Waals surface area (Å²) in [6.45, 7) is 13.5. The summed E-state index contributed by atoms with van der Waals surface area (Å²) in [5, 5.41) is 4.00. The van der Waals surface area contributed by atoms with E-state index < -0.39 is 0 Å². The van der Waals surface area contributed by atoms with E-state index in [2.05, 4.69) is 56.4 Å². The average molecular weight is 420 g/mol. The molecule has 1 aromatic heterocycles. The molecule has 0 spiro atoms. The monoisotopic (exact) mass is 419 g/mol. The number of allylic oxidation sites excluding steroid dienone is 1. The van der Waals surface area contributed by atoms with Crippen molar-refractivity contribution in [1.82, 2.24) is 5.32 Å². The Morgan fingerprint density at radius 2 is 1.90 bits per heavy atom. The van der Waals surface area contributed by atoms with Gasteiger partial charge in [0.25, 0.3) is 0 Å². The summed E-state index contributed by atoms with van der Waals surface area (Å²) in [7, 11) is 0. The first-order chi connectivity index (χ1) is 14.8. The van der Waals surface area contributed by atoms with Crippen molar-refractivity contribution in [2.75, 3.05) is 13.2 Å². The van der Waals surface area contributed by atoms with Gasteiger partial charge in [-0.3, -0.25) is 4.79 Å². The number of amides is 1. The third-order valence-corrected chi connectivity index (χ3v) is 5.49. The van der Waals surface area contributed by atoms with Gasteiger partial charge in [-0.25, -0.2) is 0 Å². The predicted octanol–water partition coefficient (Wildman–Crippen LogP) is 6.68. The molecule has 3 aromatic rings. The van der Waals surface area contributed by atoms with E-state index in [0.29, 0.717) is 19.1 Å². The smallest absolute Gasteiger partial charge is 0.244 e. The van der Waals surface area contributed by atoms with Crippen molar-refractivity contribution in [1.29, 1.82) is 0 Å². The summed E-state index contributed by atoms with van der Waals surface area (Å²) in [4.78, 5) is 12.4. The van der Waals surface area contributed by atoms with Crippen LogP contribution in [0.25, 0.3) is 27.7 Å². The van der Waals surface area contributed by atoms with Crippen molar-refractivity contribution in [3.63, 3.8) is 0 Å². The van der Waals surface area contributed by atoms with Crippen LogP contribution in [0.5, 0.6) is 5.75 Å². The van der Waals surface area contributed by atoms with Crippen LogP contribution in [0.1, 0.15) is 50.8 Å². The second kappa shape index (κ2) is 9.86. The van der Waals surface area contributed by atoms with Crippen molar-refractivity contribution >= 4 is 22.4 Å². The third kappa shape index (κ3) is 5.19. The van der Waals surface area contributed by atoms with Gasteiger partial charge in [-0.1, -0.05) is 43.7 Å². The minimum Gasteiger partial charge on any atom is -0.493 e. The Hall–Kier alpha value is -3.01. The Morgan fingerprint density at radius 3 is 2.55 bits per heavy atom. The van der Waals surface area contributed by atoms with Crippen LogP contribution in [-0.4, -0.2) is 19.1 Å². The lowest BCUT2D eigenvalue weighted by molar-refractivity contribution is -0.116. The van der Waals surface area contributed by atoms with E-state index in [1.165, 1.54) is 5.56 Å². The van der Waals surface area contributed by atoms with Crippen molar-refractivity contribution in [2.45, 2.75) is 48.0 Å². The summed E-state index contributed by atoms with van der Waals surface area (Å²) in [6.07, 6.45) is 4.43. The Kier molecular flexibility index (Phi) is 7.21. The first-order valence-electron chi connectivity index (χ1n) is 11.0. The van der Waals surface area contributed by atoms with Gasteiger partial charge in [0.1, 0.15) is 11.3 Å². The standard InChI is InChI=1S/C27H33NO3/c1-7-30-26-20(6)27-23(24(16-31-27)21-10-8-18(4)9-11-21)15-22(26)19(5)14-25(29)28-13-12-17(2)3/h8-11,14-17H,7,12-13H2,1-6H3,(H,28,29)/b19-14+. The lowest BCUT2D eigenvalue weighted by Gasteiger charge is -2.15. The molecule has 1 heterocycles. The molecule has 31 heavy (non-hydrogen) atoms. The molecule has 164 valence electrons. The van der Waals surface area contributed by atoms with E-state index in [1.54, 1.807) is 12.3 Å². The summed E-state index contributed by atoms with van der Waals surface area (Å²) in [5.41, 5.74) is 6.91. The van der Waals surface area contributed by atoms with E-state index in [4.69, 9.17) is 9.15 Å². The highest BCUT2D eigenvalue weighted by molar-refractivity contribution is 6.01. The molecule has 3 rings (SSSR count). The molecule has 2 aromatic carbocycles. The Labute approximate surface area is 185 Å². The largest absolute Gasteiger partial charge is 0.493 e. The number of fused-ring (bicyclic) bond motifs is 1. The maximum atomic E-state index is 12.4. The number of aryl methyl sites for hydroxylation is 2. The average Bonchev–Trinajstić information content (AvgIpc) is 3.14. The SMILES string of the molecule is CCOc1c(/C(C)=C/C(=O)NCCC(C)C)cc2c(-c3ccc(C)cc3)coc2c1C. The fraction of sp³-hybridized carbons (Fsp3) is 0.370. The molecule has 0 aliphatic heterocycles. The second-order valence-electron chi connectivity index (χ2n) is 8.50. The molecule has 4 heteroatoms. The van der Waals surface area contributed by atoms with Gasteiger partial charge in [0.2, 0.25) is 5.91 Å². The number of hydrogen-bond donors (Lipinski definition) is 1. The molecule has 0 radical (unpaired) electrons. The summed E-state index contributed by atoms with van der Waals surface area (Å²) >= 11 is 0. The highest BCUT2D eigenvalue weighted by atomic mass is 16.5. The molecule has 1 N–H and O–H groups in total. The highest BCUT2D eigenvalue weighted by Crippen LogP contribution is 2.40. The van der Waals surface area contributed by atoms with Gasteiger partial charge in [-0.15, -0.1) is 0 Å². The van der Waals surface area contributed by atoms with Gasteiger partial charge in [0.05, 0.1) is 12.9 Å². The molecule has 1 amide bonds. The van der Waals surface area contributed by atoms with Crippen molar-refractivity contribution in [2.24, 2.45) is 5.92 Å². The van der Waals surface area contributed by atoms with Crippen LogP contribution in [0, 0.1) is 19.8 Å². The number of rotatable bonds is 8. The molecular weight excluding hydrogens is 386 g/mol. The number of carbonyl (C=O) groups excluding carboxylic acids is 1. The van der Waals surface area contributed by atoms with Gasteiger partial charge >= 0.3 is 0 Å². The van der Waals surface area contributed by atoms with Gasteiger partial charge in [0.15, 0.2) is 0 Å². The van der Waals surface area contributed by atoms with Gasteiger partial charge in [-0.05, 0) is 57.2 Å². The first kappa shape index (κ1) is 22.7. The topological polar surface area (TPSA) is 51.5 Å². The van der Waals surface area contributed by atoms with Crippen LogP contribution in [0.3, 0.4) is 0 Å². The van der Waals surface area contributed by atoms with Gasteiger partial charge in [0, 0.05) is 34.7 Å². The van der Waals surface area contributed by atoms with Crippen LogP contribution in [0.15, 0.2) is 47.1 Å². The van der Waals surface area contributed by atoms with Crippen molar-refractivity contribution in [3.05, 3.63) is 59.4 Å². The molecule has 0 saturated carbocycles. The second-order valence-corrected chi connectivity index (χ2v) is 8.50. The van der Waals surface area contributed by atoms with Crippen LogP contribution >= 0.6 is 0 Å². The van der Waals surface area contributed by atoms with E-state index >= 15 is 0 Å². The molecule has 4 nitrogen and oxygen atoms in total. The van der Waals surface area contributed by atoms with E-state index in [9.17, 15) is 4.79 Å². The Balaban J connectivity index is 2.05. The van der Waals surface area contributed by atoms with Crippen LogP contribution in [0.4, 0.5) is 0 Å². The highest BCUT2D eigenvalue weighted by Gasteiger charge is 2.19. The quantitative estimate of drug-likeness (QED) is 0.414. The number of hydrogen-bond acceptors (Lipinski definition) is 3. The van der Waals surface area contributed by atoms with Crippen molar-refractivity contribution in [3.8, 4) is 16.9 Å². The molecule has 0 aliphatic rings. The Morgan fingerprint density at radius 1 is 1.19 bits per heavy atom. The predicted molar refractivity (Wildman–Crippen MR) is 128 cm³/mol. The van der Waals surface area contributed by atoms with Gasteiger partial charge in [-0.2, -0.15) is 0 Å². The maximum absolute atomic E-state index is 12.4. The molecule has 0 atom stereocenters. The Bertz CT molecular complexity index is 1090. The fourth-order valence-corrected chi connectivity index (χ4v) is 3.71. The molecule has 0 fully saturated rings. The summed E-state index contributed by atoms with van der Waals surface area (Å²) in [5.74, 6) is 1.24. The molecular formula is C27H33NO3. The van der Waals surface area contributed by atoms with Crippen molar-refractivity contribution < 1.29 is 13.9 Å². The summed E-state index contributed by atoms with van der Waals surface area (Å²) < 4.78 is 12.0. The lowest BCUT2D eigenvalue weighted by atomic mass is 9.96. The van der Waals surface area contributed by atoms with Gasteiger partial charge < -0.3 is 14.5 Å². The van der Waals surface area contributed by atoms with Crippen LogP contribution < -0.4 is 10.1 Å². The molecule has 0 aliphatic carbocycles. The van der Waals surface area contributed by atoms with E-state index in [1.807, 2.05) is 20.8 Å². The molecule has 0 bridgehead atoms. The summed E-state index contributed by atoms with van der Waals surface area (Å²) in [6, 6.07) is 10.5. The molecule has 0 saturated heterocycles. The van der Waals surface area contributed by atoms with E-state index in [0.717, 1.165) is 51.0 Å². The minimum absolute atomic E-state index is 0.0794. The van der Waals surface area contributed by atoms with E-state index in [-0.39, 0.29) is 5.91 Å². The number of nitrogens with one attached hydrogen (secondary N) is 1. The number of furan rings is 1. The number of ether oxygens (including phenoxy) is 1. The van der Waals surface area contributed by atoms with Crippen LogP contribution in [0.2, 0.25) is 0 Å². The van der Waals surface area contributed by atoms with Crippen LogP contribution in [-0.2, 0) is 4.79 Å². The molecule has 0 unspecified atom stereocenters. The first-order valence-corrected chi connectivity index (χ1v) is 11.0. The zero-order valence-corrected chi connectivity index (χ0v) is 19.5. The fourth-order valence-electron chi connectivity index (χ4n) is 3.71. The zero-order chi connectivity index (χ0) is 22.5. The lowest BCUT2D eigenvalue weighted by Crippen LogP contribution is -2.23. The number of carbonyl (C=O) groups is 1. The zero-order valence-electron chi connectivity index (χ0n) is 19.5.